The lowest BCUT2D eigenvalue weighted by molar-refractivity contribution is -0.137. The van der Waals surface area contributed by atoms with Crippen molar-refractivity contribution in [2.24, 2.45) is 0 Å². The van der Waals surface area contributed by atoms with Gasteiger partial charge in [0.2, 0.25) is 11.8 Å². The van der Waals surface area contributed by atoms with Gasteiger partial charge in [-0.05, 0) is 81.7 Å². The van der Waals surface area contributed by atoms with Gasteiger partial charge in [-0.3, -0.25) is 9.78 Å². The Morgan fingerprint density at radius 1 is 1.12 bits per heavy atom. The molecule has 1 N–H and O–H groups in total. The number of halogens is 4. The van der Waals surface area contributed by atoms with Crippen LogP contribution in [0.25, 0.3) is 11.3 Å². The summed E-state index contributed by atoms with van der Waals surface area (Å²) >= 11 is 0. The molecule has 0 unspecified atom stereocenters. The fourth-order valence-corrected chi connectivity index (χ4v) is 5.77. The molecular formula is C30H33F4N5O2. The zero-order valence-electron chi connectivity index (χ0n) is 23.0. The van der Waals surface area contributed by atoms with Gasteiger partial charge in [-0.2, -0.15) is 13.2 Å². The van der Waals surface area contributed by atoms with Crippen molar-refractivity contribution in [1.82, 2.24) is 20.2 Å². The molecule has 0 radical (unpaired) electrons. The summed E-state index contributed by atoms with van der Waals surface area (Å²) < 4.78 is 59.6. The summed E-state index contributed by atoms with van der Waals surface area (Å²) in [5, 5.41) is 3.22. The number of hydrogen-bond donors (Lipinski definition) is 1. The van der Waals surface area contributed by atoms with Crippen molar-refractivity contribution in [3.63, 3.8) is 0 Å². The Balaban J connectivity index is 1.42. The number of carbonyl (C=O) groups excluding carboxylic acids is 1. The number of rotatable bonds is 7. The van der Waals surface area contributed by atoms with Crippen LogP contribution in [0.3, 0.4) is 0 Å². The molecule has 3 aromatic rings. The first-order valence-corrected chi connectivity index (χ1v) is 13.8. The second kappa shape index (κ2) is 11.6. The summed E-state index contributed by atoms with van der Waals surface area (Å²) in [5.41, 5.74) is 0.266. The Bertz CT molecular complexity index is 1370. The lowest BCUT2D eigenvalue weighted by Crippen LogP contribution is -2.54. The summed E-state index contributed by atoms with van der Waals surface area (Å²) in [5.74, 6) is -0.574. The maximum atomic E-state index is 14.8. The second-order valence-electron chi connectivity index (χ2n) is 10.7. The van der Waals surface area contributed by atoms with Gasteiger partial charge >= 0.3 is 6.18 Å². The molecule has 2 saturated heterocycles. The van der Waals surface area contributed by atoms with Crippen molar-refractivity contribution >= 4 is 11.6 Å². The van der Waals surface area contributed by atoms with E-state index in [4.69, 9.17) is 4.74 Å². The van der Waals surface area contributed by atoms with Gasteiger partial charge in [-0.25, -0.2) is 9.37 Å². The number of likely N-dealkylation sites (N-methyl/N-ethyl adjacent to an activating group) is 1. The Hall–Kier alpha value is -3.73. The van der Waals surface area contributed by atoms with Crippen LogP contribution in [0.2, 0.25) is 0 Å². The second-order valence-corrected chi connectivity index (χ2v) is 10.7. The number of aromatic nitrogens is 2. The fraction of sp³-hybridized carbons (Fsp3) is 0.433. The van der Waals surface area contributed by atoms with Crippen LogP contribution in [0.1, 0.15) is 37.3 Å². The van der Waals surface area contributed by atoms with Crippen LogP contribution in [-0.2, 0) is 16.4 Å². The van der Waals surface area contributed by atoms with Crippen molar-refractivity contribution in [1.29, 1.82) is 0 Å². The van der Waals surface area contributed by atoms with E-state index in [0.29, 0.717) is 50.2 Å². The van der Waals surface area contributed by atoms with E-state index in [-0.39, 0.29) is 17.6 Å². The summed E-state index contributed by atoms with van der Waals surface area (Å²) in [6.07, 6.45) is 0.267. The van der Waals surface area contributed by atoms with Crippen LogP contribution in [0, 0.1) is 5.82 Å². The Labute approximate surface area is 236 Å². The third kappa shape index (κ3) is 6.00. The zero-order chi connectivity index (χ0) is 29.2. The number of piperidine rings is 1. The topological polar surface area (TPSA) is 70.6 Å². The molecule has 11 heteroatoms. The molecule has 218 valence electrons. The number of nitrogens with one attached hydrogen (secondary N) is 1. The third-order valence-electron chi connectivity index (χ3n) is 8.04. The van der Waals surface area contributed by atoms with Crippen molar-refractivity contribution in [2.75, 3.05) is 44.7 Å². The largest absolute Gasteiger partial charge is 0.477 e. The number of nitrogens with zero attached hydrogens (tertiary/aromatic N) is 4. The molecule has 2 fully saturated rings. The highest BCUT2D eigenvalue weighted by Crippen LogP contribution is 2.40. The molecule has 7 nitrogen and oxygen atoms in total. The molecular weight excluding hydrogens is 538 g/mol. The van der Waals surface area contributed by atoms with Crippen molar-refractivity contribution < 1.29 is 27.1 Å². The van der Waals surface area contributed by atoms with E-state index in [1.165, 1.54) is 6.07 Å². The quantitative estimate of drug-likeness (QED) is 0.400. The molecule has 0 bridgehead atoms. The van der Waals surface area contributed by atoms with Crippen LogP contribution in [0.15, 0.2) is 54.9 Å². The predicted octanol–water partition coefficient (Wildman–Crippen LogP) is 5.06. The zero-order valence-corrected chi connectivity index (χ0v) is 23.0. The molecule has 1 aromatic carbocycles. The smallest absolute Gasteiger partial charge is 0.416 e. The average Bonchev–Trinajstić information content (AvgIpc) is 3.37. The summed E-state index contributed by atoms with van der Waals surface area (Å²) in [6.45, 7) is 4.56. The monoisotopic (exact) mass is 571 g/mol. The molecule has 41 heavy (non-hydrogen) atoms. The van der Waals surface area contributed by atoms with Crippen molar-refractivity contribution in [3.8, 4) is 17.1 Å². The molecule has 0 spiro atoms. The number of alkyl halides is 3. The van der Waals surface area contributed by atoms with Gasteiger partial charge in [-0.15, -0.1) is 0 Å². The number of carbonyl (C=O) groups is 1. The normalized spacial score (nSPS) is 19.3. The fourth-order valence-electron chi connectivity index (χ4n) is 5.77. The molecule has 2 aromatic heterocycles. The minimum absolute atomic E-state index is 0.0196. The molecule has 0 saturated carbocycles. The van der Waals surface area contributed by atoms with Gasteiger partial charge in [0, 0.05) is 38.1 Å². The van der Waals surface area contributed by atoms with E-state index in [1.54, 1.807) is 23.4 Å². The number of likely N-dealkylation sites (tertiary alicyclic amines) is 1. The molecule has 4 heterocycles. The molecule has 1 amide bonds. The SMILES string of the molecule is CCOc1ncccc1-c1ccc(C2(C(=O)N[C@H]3CCN(C)C3)CCN(c3ccc(C(F)(F)F)cc3F)CC2)cn1. The number of hydrogen-bond acceptors (Lipinski definition) is 6. The van der Waals surface area contributed by atoms with E-state index in [2.05, 4.69) is 20.2 Å². The number of ether oxygens (including phenoxy) is 1. The van der Waals surface area contributed by atoms with Crippen LogP contribution >= 0.6 is 0 Å². The van der Waals surface area contributed by atoms with Crippen LogP contribution < -0.4 is 15.0 Å². The highest BCUT2D eigenvalue weighted by atomic mass is 19.4. The number of amides is 1. The standard InChI is InChI=1S/C30H33F4N5O2/c1-3-41-27-23(5-4-13-35-27)25-8-6-21(18-36-25)29(28(40)37-22-10-14-38(2)19-22)11-15-39(16-12-29)26-9-7-20(17-24(26)31)30(32,33)34/h4-9,13,17-18,22H,3,10-12,14-16,19H2,1-2H3,(H,37,40)/t22-/m0/s1. The van der Waals surface area contributed by atoms with Crippen molar-refractivity contribution in [3.05, 3.63) is 71.8 Å². The molecule has 2 aliphatic rings. The van der Waals surface area contributed by atoms with Crippen molar-refractivity contribution in [2.45, 2.75) is 43.8 Å². The first-order chi connectivity index (χ1) is 19.6. The van der Waals surface area contributed by atoms with E-state index in [1.807, 2.05) is 32.2 Å². The summed E-state index contributed by atoms with van der Waals surface area (Å²) in [6, 6.07) is 10.0. The van der Waals surface area contributed by atoms with Crippen LogP contribution in [-0.4, -0.2) is 66.7 Å². The maximum absolute atomic E-state index is 14.8. The number of anilines is 1. The van der Waals surface area contributed by atoms with Gasteiger partial charge in [0.15, 0.2) is 0 Å². The maximum Gasteiger partial charge on any atom is 0.416 e. The molecule has 5 rings (SSSR count). The third-order valence-corrected chi connectivity index (χ3v) is 8.04. The minimum Gasteiger partial charge on any atom is -0.477 e. The predicted molar refractivity (Wildman–Crippen MR) is 147 cm³/mol. The van der Waals surface area contributed by atoms with E-state index < -0.39 is 23.0 Å². The van der Waals surface area contributed by atoms with E-state index >= 15 is 0 Å². The highest BCUT2D eigenvalue weighted by molar-refractivity contribution is 5.89. The van der Waals surface area contributed by atoms with Gasteiger partial charge in [-0.1, -0.05) is 6.07 Å². The lowest BCUT2D eigenvalue weighted by Gasteiger charge is -2.42. The first-order valence-electron chi connectivity index (χ1n) is 13.8. The summed E-state index contributed by atoms with van der Waals surface area (Å²) in [7, 11) is 2.01. The Morgan fingerprint density at radius 3 is 2.51 bits per heavy atom. The van der Waals surface area contributed by atoms with Gasteiger partial charge < -0.3 is 19.9 Å². The lowest BCUT2D eigenvalue weighted by atomic mass is 9.72. The number of pyridine rings is 2. The first kappa shape index (κ1) is 28.8. The van der Waals surface area contributed by atoms with Crippen LogP contribution in [0.5, 0.6) is 5.88 Å². The average molecular weight is 572 g/mol. The summed E-state index contributed by atoms with van der Waals surface area (Å²) in [4.78, 5) is 26.8. The van der Waals surface area contributed by atoms with E-state index in [0.717, 1.165) is 36.7 Å². The minimum atomic E-state index is -4.62. The molecule has 0 aliphatic carbocycles. The van der Waals surface area contributed by atoms with Gasteiger partial charge in [0.25, 0.3) is 0 Å². The highest BCUT2D eigenvalue weighted by Gasteiger charge is 2.45. The van der Waals surface area contributed by atoms with Crippen LogP contribution in [0.4, 0.5) is 23.2 Å². The Kier molecular flexibility index (Phi) is 8.17. The van der Waals surface area contributed by atoms with E-state index in [9.17, 15) is 22.4 Å². The molecule has 2 aliphatic heterocycles. The number of benzene rings is 1. The Morgan fingerprint density at radius 2 is 1.90 bits per heavy atom. The van der Waals surface area contributed by atoms with Gasteiger partial charge in [0.05, 0.1) is 34.5 Å². The molecule has 1 atom stereocenters. The van der Waals surface area contributed by atoms with Gasteiger partial charge in [0.1, 0.15) is 5.82 Å².